The molecule has 4 N–H and O–H groups in total. The molecule has 0 saturated carbocycles. The summed E-state index contributed by atoms with van der Waals surface area (Å²) in [6.45, 7) is 1.55. The lowest BCUT2D eigenvalue weighted by Gasteiger charge is -2.31. The van der Waals surface area contributed by atoms with Gasteiger partial charge in [-0.05, 0) is 18.6 Å². The summed E-state index contributed by atoms with van der Waals surface area (Å²) in [5.74, 6) is -9.67. The van der Waals surface area contributed by atoms with Crippen LogP contribution in [-0.4, -0.2) is 49.9 Å². The maximum atomic E-state index is 11.7. The number of ether oxygens (including phenoxy) is 1. The molecule has 1 aromatic carbocycles. The second kappa shape index (κ2) is 7.44. The number of benzene rings is 1. The first kappa shape index (κ1) is 18.9. The van der Waals surface area contributed by atoms with E-state index in [0.717, 1.165) is 12.1 Å². The zero-order valence-corrected chi connectivity index (χ0v) is 12.6. The van der Waals surface area contributed by atoms with Crippen LogP contribution in [0.3, 0.4) is 0 Å². The van der Waals surface area contributed by atoms with Crippen LogP contribution in [0.5, 0.6) is 5.75 Å². The second-order valence-corrected chi connectivity index (χ2v) is 4.93. The van der Waals surface area contributed by atoms with Crippen LogP contribution in [-0.2, 0) is 14.4 Å². The number of carboxylic acid groups (broad SMARTS) is 4. The van der Waals surface area contributed by atoms with E-state index in [4.69, 9.17) is 9.84 Å². The van der Waals surface area contributed by atoms with E-state index in [1.807, 2.05) is 0 Å². The molecule has 0 aliphatic carbocycles. The summed E-state index contributed by atoms with van der Waals surface area (Å²) >= 11 is 0. The quantitative estimate of drug-likeness (QED) is 0.484. The van der Waals surface area contributed by atoms with Crippen LogP contribution in [0, 0.1) is 5.92 Å². The third kappa shape index (κ3) is 3.45. The first-order valence-electron chi connectivity index (χ1n) is 6.89. The predicted molar refractivity (Wildman–Crippen MR) is 78.1 cm³/mol. The van der Waals surface area contributed by atoms with E-state index in [2.05, 4.69) is 0 Å². The van der Waals surface area contributed by atoms with Crippen LogP contribution in [0.1, 0.15) is 30.1 Å². The van der Waals surface area contributed by atoms with Crippen molar-refractivity contribution in [3.05, 3.63) is 29.8 Å². The van der Waals surface area contributed by atoms with Crippen LogP contribution in [0.2, 0.25) is 0 Å². The van der Waals surface area contributed by atoms with Crippen LogP contribution in [0.4, 0.5) is 0 Å². The van der Waals surface area contributed by atoms with E-state index in [0.29, 0.717) is 0 Å². The lowest BCUT2D eigenvalue weighted by atomic mass is 9.83. The van der Waals surface area contributed by atoms with Crippen molar-refractivity contribution in [3.63, 3.8) is 0 Å². The number of rotatable bonds is 9. The van der Waals surface area contributed by atoms with Crippen LogP contribution in [0.25, 0.3) is 0 Å². The highest BCUT2D eigenvalue weighted by molar-refractivity contribution is 6.06. The maximum absolute atomic E-state index is 11.7. The Labute approximate surface area is 136 Å². The molecular weight excluding hydrogens is 324 g/mol. The normalized spacial score (nSPS) is 12.2. The van der Waals surface area contributed by atoms with E-state index in [1.165, 1.54) is 12.1 Å². The molecule has 0 spiro atoms. The Balaban J connectivity index is 3.56. The predicted octanol–water partition coefficient (Wildman–Crippen LogP) is 1.17. The Morgan fingerprint density at radius 1 is 1.04 bits per heavy atom. The van der Waals surface area contributed by atoms with E-state index in [9.17, 15) is 34.5 Å². The fourth-order valence-corrected chi connectivity index (χ4v) is 2.24. The average molecular weight is 340 g/mol. The van der Waals surface area contributed by atoms with Crippen molar-refractivity contribution >= 4 is 23.9 Å². The molecule has 0 fully saturated rings. The maximum Gasteiger partial charge on any atom is 0.360 e. The summed E-state index contributed by atoms with van der Waals surface area (Å²) < 4.78 is 5.03. The summed E-state index contributed by atoms with van der Waals surface area (Å²) in [7, 11) is 0. The van der Waals surface area contributed by atoms with Gasteiger partial charge in [-0.3, -0.25) is 4.79 Å². The molecule has 24 heavy (non-hydrogen) atoms. The van der Waals surface area contributed by atoms with Gasteiger partial charge in [0.2, 0.25) is 0 Å². The van der Waals surface area contributed by atoms with Gasteiger partial charge in [0.15, 0.2) is 0 Å². The van der Waals surface area contributed by atoms with Gasteiger partial charge in [0.05, 0.1) is 0 Å². The first-order chi connectivity index (χ1) is 11.2. The molecule has 0 bridgehead atoms. The van der Waals surface area contributed by atoms with Crippen LogP contribution in [0.15, 0.2) is 24.3 Å². The molecule has 1 rings (SSSR count). The largest absolute Gasteiger partial charge is 0.481 e. The minimum atomic E-state index is -3.16. The van der Waals surface area contributed by atoms with Gasteiger partial charge in [-0.25, -0.2) is 14.4 Å². The summed E-state index contributed by atoms with van der Waals surface area (Å²) in [6.07, 6.45) is -0.105. The molecule has 0 radical (unpaired) electrons. The molecule has 0 aromatic heterocycles. The van der Waals surface area contributed by atoms with Gasteiger partial charge in [-0.1, -0.05) is 25.5 Å². The molecule has 0 heterocycles. The molecule has 1 atom stereocenters. The standard InChI is InChI=1S/C15H16O9/c1-2-5-9(12(18)19)15(13(20)21,14(22)23)24-10-7-4-3-6-8(10)11(16)17/h3-4,6-7,9H,2,5H2,1H3,(H,16,17)(H,18,19)(H,20,21)(H,22,23). The zero-order valence-electron chi connectivity index (χ0n) is 12.6. The first-order valence-corrected chi connectivity index (χ1v) is 6.89. The molecule has 9 heteroatoms. The minimum Gasteiger partial charge on any atom is -0.481 e. The summed E-state index contributed by atoms with van der Waals surface area (Å²) in [5, 5.41) is 37.2. The second-order valence-electron chi connectivity index (χ2n) is 4.93. The van der Waals surface area contributed by atoms with Crippen molar-refractivity contribution in [1.82, 2.24) is 0 Å². The number of carboxylic acids is 4. The number of hydrogen-bond donors (Lipinski definition) is 4. The van der Waals surface area contributed by atoms with Crippen molar-refractivity contribution in [2.75, 3.05) is 0 Å². The fraction of sp³-hybridized carbons (Fsp3) is 0.333. The molecular formula is C15H16O9. The van der Waals surface area contributed by atoms with E-state index in [-0.39, 0.29) is 12.8 Å². The number of aliphatic carboxylic acids is 3. The van der Waals surface area contributed by atoms with Gasteiger partial charge in [0.25, 0.3) is 0 Å². The van der Waals surface area contributed by atoms with E-state index >= 15 is 0 Å². The number of aromatic carboxylic acids is 1. The lowest BCUT2D eigenvalue weighted by Crippen LogP contribution is -2.59. The third-order valence-electron chi connectivity index (χ3n) is 3.39. The highest BCUT2D eigenvalue weighted by Crippen LogP contribution is 2.32. The molecule has 0 aliphatic heterocycles. The Kier molecular flexibility index (Phi) is 5.88. The highest BCUT2D eigenvalue weighted by atomic mass is 16.6. The lowest BCUT2D eigenvalue weighted by molar-refractivity contribution is -0.185. The van der Waals surface area contributed by atoms with Gasteiger partial charge in [-0.2, -0.15) is 0 Å². The monoisotopic (exact) mass is 340 g/mol. The van der Waals surface area contributed by atoms with Crippen molar-refractivity contribution in [2.24, 2.45) is 5.92 Å². The van der Waals surface area contributed by atoms with Crippen molar-refractivity contribution in [1.29, 1.82) is 0 Å². The molecule has 1 aromatic rings. The SMILES string of the molecule is CCCC(C(=O)O)C(Oc1ccccc1C(=O)O)(C(=O)O)C(=O)O. The summed E-state index contributed by atoms with van der Waals surface area (Å²) in [5.41, 5.74) is -3.64. The minimum absolute atomic E-state index is 0.184. The molecule has 9 nitrogen and oxygen atoms in total. The summed E-state index contributed by atoms with van der Waals surface area (Å²) in [6, 6.07) is 4.79. The summed E-state index contributed by atoms with van der Waals surface area (Å²) in [4.78, 5) is 45.9. The highest BCUT2D eigenvalue weighted by Gasteiger charge is 2.59. The number of hydrogen-bond acceptors (Lipinski definition) is 5. The smallest absolute Gasteiger partial charge is 0.360 e. The molecule has 0 amide bonds. The van der Waals surface area contributed by atoms with Crippen LogP contribution < -0.4 is 4.74 Å². The van der Waals surface area contributed by atoms with Crippen LogP contribution >= 0.6 is 0 Å². The molecule has 1 unspecified atom stereocenters. The third-order valence-corrected chi connectivity index (χ3v) is 3.39. The Hall–Kier alpha value is -3.10. The number of carbonyl (C=O) groups is 4. The van der Waals surface area contributed by atoms with E-state index < -0.39 is 46.7 Å². The molecule has 0 saturated heterocycles. The van der Waals surface area contributed by atoms with Gasteiger partial charge < -0.3 is 25.2 Å². The molecule has 130 valence electrons. The average Bonchev–Trinajstić information content (AvgIpc) is 2.50. The Morgan fingerprint density at radius 2 is 1.58 bits per heavy atom. The van der Waals surface area contributed by atoms with Crippen molar-refractivity contribution < 1.29 is 44.3 Å². The van der Waals surface area contributed by atoms with Gasteiger partial charge in [0.1, 0.15) is 17.2 Å². The zero-order chi connectivity index (χ0) is 18.5. The van der Waals surface area contributed by atoms with E-state index in [1.54, 1.807) is 6.92 Å². The van der Waals surface area contributed by atoms with Crippen molar-refractivity contribution in [3.8, 4) is 5.75 Å². The van der Waals surface area contributed by atoms with Gasteiger partial charge in [0, 0.05) is 0 Å². The Bertz CT molecular complexity index is 651. The number of para-hydroxylation sites is 1. The van der Waals surface area contributed by atoms with Crippen molar-refractivity contribution in [2.45, 2.75) is 25.4 Å². The van der Waals surface area contributed by atoms with Gasteiger partial charge >= 0.3 is 29.5 Å². The Morgan fingerprint density at radius 3 is 2.00 bits per heavy atom. The fourth-order valence-electron chi connectivity index (χ4n) is 2.24. The van der Waals surface area contributed by atoms with Gasteiger partial charge in [-0.15, -0.1) is 0 Å². The molecule has 0 aliphatic rings. The topological polar surface area (TPSA) is 158 Å².